The number of amides is 2. The van der Waals surface area contributed by atoms with Crippen molar-refractivity contribution < 1.29 is 9.59 Å². The van der Waals surface area contributed by atoms with Gasteiger partial charge in [-0.1, -0.05) is 36.4 Å². The molecule has 0 N–H and O–H groups in total. The van der Waals surface area contributed by atoms with Gasteiger partial charge in [0.05, 0.1) is 0 Å². The third kappa shape index (κ3) is 3.28. The highest BCUT2D eigenvalue weighted by Crippen LogP contribution is 2.10. The zero-order chi connectivity index (χ0) is 15.2. The minimum Gasteiger partial charge on any atom is -0.267 e. The summed E-state index contributed by atoms with van der Waals surface area (Å²) in [6.45, 7) is 2.26. The van der Waals surface area contributed by atoms with Gasteiger partial charge in [0.2, 0.25) is 0 Å². The number of carbonyl (C=O) groups excluding carboxylic acids is 2. The average molecular weight is 282 g/mol. The summed E-state index contributed by atoms with van der Waals surface area (Å²) in [5.41, 5.74) is 1.12. The normalized spacial score (nSPS) is 10.0. The van der Waals surface area contributed by atoms with E-state index >= 15 is 0 Å². The third-order valence-corrected chi connectivity index (χ3v) is 3.23. The Morgan fingerprint density at radius 3 is 1.67 bits per heavy atom. The summed E-state index contributed by atoms with van der Waals surface area (Å²) in [5.74, 6) is -0.397. The minimum atomic E-state index is -0.207. The summed E-state index contributed by atoms with van der Waals surface area (Å²) in [6.07, 6.45) is 0. The lowest BCUT2D eigenvalue weighted by Crippen LogP contribution is -2.47. The first-order valence-corrected chi connectivity index (χ1v) is 6.85. The fraction of sp³-hybridized carbons (Fsp3) is 0.176. The largest absolute Gasteiger partial charge is 0.272 e. The molecule has 2 aromatic carbocycles. The summed E-state index contributed by atoms with van der Waals surface area (Å²) >= 11 is 0. The van der Waals surface area contributed by atoms with Crippen LogP contribution in [-0.4, -0.2) is 35.4 Å². The first kappa shape index (κ1) is 14.8. The van der Waals surface area contributed by atoms with E-state index in [0.29, 0.717) is 17.7 Å². The average Bonchev–Trinajstić information content (AvgIpc) is 2.56. The molecule has 0 fully saturated rings. The van der Waals surface area contributed by atoms with E-state index in [0.717, 1.165) is 0 Å². The summed E-state index contributed by atoms with van der Waals surface area (Å²) in [7, 11) is 1.61. The van der Waals surface area contributed by atoms with Gasteiger partial charge in [-0.05, 0) is 31.2 Å². The van der Waals surface area contributed by atoms with E-state index < -0.39 is 0 Å². The number of nitrogens with zero attached hydrogens (tertiary/aromatic N) is 2. The number of carbonyl (C=O) groups is 2. The molecule has 0 unspecified atom stereocenters. The van der Waals surface area contributed by atoms with E-state index in [1.807, 2.05) is 19.1 Å². The van der Waals surface area contributed by atoms with Crippen LogP contribution in [0.1, 0.15) is 27.6 Å². The van der Waals surface area contributed by atoms with Gasteiger partial charge < -0.3 is 0 Å². The van der Waals surface area contributed by atoms with Crippen LogP contribution in [0.25, 0.3) is 0 Å². The van der Waals surface area contributed by atoms with Crippen LogP contribution in [0.2, 0.25) is 0 Å². The summed E-state index contributed by atoms with van der Waals surface area (Å²) < 4.78 is 0. The Balaban J connectivity index is 2.21. The Morgan fingerprint density at radius 1 is 0.810 bits per heavy atom. The summed E-state index contributed by atoms with van der Waals surface area (Å²) in [4.78, 5) is 24.9. The topological polar surface area (TPSA) is 40.6 Å². The highest BCUT2D eigenvalue weighted by atomic mass is 16.2. The van der Waals surface area contributed by atoms with Crippen molar-refractivity contribution in [1.82, 2.24) is 10.0 Å². The third-order valence-electron chi connectivity index (χ3n) is 3.23. The maximum atomic E-state index is 12.5. The molecular weight excluding hydrogens is 264 g/mol. The molecule has 0 aromatic heterocycles. The van der Waals surface area contributed by atoms with Gasteiger partial charge in [-0.15, -0.1) is 0 Å². The van der Waals surface area contributed by atoms with E-state index in [-0.39, 0.29) is 11.8 Å². The second-order valence-corrected chi connectivity index (χ2v) is 4.58. The van der Waals surface area contributed by atoms with Gasteiger partial charge in [-0.25, -0.2) is 5.01 Å². The molecule has 2 aromatic rings. The Kier molecular flexibility index (Phi) is 4.72. The monoisotopic (exact) mass is 282 g/mol. The number of hydrogen-bond donors (Lipinski definition) is 0. The Morgan fingerprint density at radius 2 is 1.24 bits per heavy atom. The van der Waals surface area contributed by atoms with E-state index in [4.69, 9.17) is 0 Å². The lowest BCUT2D eigenvalue weighted by molar-refractivity contribution is 0.00999. The van der Waals surface area contributed by atoms with Gasteiger partial charge in [0.15, 0.2) is 0 Å². The fourth-order valence-electron chi connectivity index (χ4n) is 2.10. The predicted octanol–water partition coefficient (Wildman–Crippen LogP) is 2.84. The van der Waals surface area contributed by atoms with E-state index in [1.165, 1.54) is 10.0 Å². The van der Waals surface area contributed by atoms with Crippen molar-refractivity contribution in [1.29, 1.82) is 0 Å². The van der Waals surface area contributed by atoms with Crippen molar-refractivity contribution in [2.75, 3.05) is 13.6 Å². The fourth-order valence-corrected chi connectivity index (χ4v) is 2.10. The maximum Gasteiger partial charge on any atom is 0.272 e. The summed E-state index contributed by atoms with van der Waals surface area (Å²) in [5, 5.41) is 2.80. The molecule has 0 aliphatic heterocycles. The van der Waals surface area contributed by atoms with Gasteiger partial charge in [-0.3, -0.25) is 14.6 Å². The SMILES string of the molecule is CCN(C(=O)c1ccccc1)N(C)C(=O)c1ccccc1. The number of hydrogen-bond acceptors (Lipinski definition) is 2. The molecule has 0 saturated carbocycles. The molecule has 2 amide bonds. The van der Waals surface area contributed by atoms with Crippen LogP contribution < -0.4 is 0 Å². The number of hydrazine groups is 1. The van der Waals surface area contributed by atoms with Crippen molar-refractivity contribution in [3.8, 4) is 0 Å². The number of benzene rings is 2. The van der Waals surface area contributed by atoms with Crippen LogP contribution in [0, 0.1) is 0 Å². The quantitative estimate of drug-likeness (QED) is 0.812. The molecule has 108 valence electrons. The van der Waals surface area contributed by atoms with Gasteiger partial charge in [-0.2, -0.15) is 0 Å². The lowest BCUT2D eigenvalue weighted by atomic mass is 10.2. The van der Waals surface area contributed by atoms with Crippen LogP contribution in [0.5, 0.6) is 0 Å². The molecule has 0 spiro atoms. The maximum absolute atomic E-state index is 12.5. The van der Waals surface area contributed by atoms with Gasteiger partial charge in [0.25, 0.3) is 11.8 Å². The standard InChI is InChI=1S/C17H18N2O2/c1-3-19(17(21)15-12-8-5-9-13-15)18(2)16(20)14-10-6-4-7-11-14/h4-13H,3H2,1-2H3. The first-order valence-electron chi connectivity index (χ1n) is 6.85. The Bertz CT molecular complexity index is 611. The molecule has 2 rings (SSSR count). The molecule has 21 heavy (non-hydrogen) atoms. The molecule has 0 heterocycles. The van der Waals surface area contributed by atoms with Gasteiger partial charge in [0.1, 0.15) is 0 Å². The predicted molar refractivity (Wildman–Crippen MR) is 81.7 cm³/mol. The molecule has 4 heteroatoms. The zero-order valence-electron chi connectivity index (χ0n) is 12.2. The van der Waals surface area contributed by atoms with Crippen LogP contribution in [-0.2, 0) is 0 Å². The molecule has 0 atom stereocenters. The Labute approximate surface area is 124 Å². The molecular formula is C17H18N2O2. The van der Waals surface area contributed by atoms with Crippen molar-refractivity contribution in [2.45, 2.75) is 6.92 Å². The zero-order valence-corrected chi connectivity index (χ0v) is 12.2. The van der Waals surface area contributed by atoms with Crippen molar-refractivity contribution in [3.63, 3.8) is 0 Å². The molecule has 0 bridgehead atoms. The second kappa shape index (κ2) is 6.70. The molecule has 0 aliphatic carbocycles. The van der Waals surface area contributed by atoms with E-state index in [2.05, 4.69) is 0 Å². The van der Waals surface area contributed by atoms with E-state index in [9.17, 15) is 9.59 Å². The molecule has 0 radical (unpaired) electrons. The van der Waals surface area contributed by atoms with Crippen molar-refractivity contribution in [3.05, 3.63) is 71.8 Å². The Hall–Kier alpha value is -2.62. The number of rotatable bonds is 3. The van der Waals surface area contributed by atoms with Crippen LogP contribution >= 0.6 is 0 Å². The van der Waals surface area contributed by atoms with Gasteiger partial charge >= 0.3 is 0 Å². The van der Waals surface area contributed by atoms with Crippen LogP contribution in [0.4, 0.5) is 0 Å². The van der Waals surface area contributed by atoms with Gasteiger partial charge in [0, 0.05) is 24.7 Å². The smallest absolute Gasteiger partial charge is 0.267 e. The van der Waals surface area contributed by atoms with E-state index in [1.54, 1.807) is 55.6 Å². The van der Waals surface area contributed by atoms with Crippen molar-refractivity contribution in [2.24, 2.45) is 0 Å². The summed E-state index contributed by atoms with van der Waals surface area (Å²) in [6, 6.07) is 17.9. The second-order valence-electron chi connectivity index (χ2n) is 4.58. The van der Waals surface area contributed by atoms with Crippen LogP contribution in [0.3, 0.4) is 0 Å². The first-order chi connectivity index (χ1) is 10.1. The molecule has 0 aliphatic rings. The molecule has 0 saturated heterocycles. The highest BCUT2D eigenvalue weighted by molar-refractivity contribution is 5.98. The minimum absolute atomic E-state index is 0.190. The van der Waals surface area contributed by atoms with Crippen molar-refractivity contribution >= 4 is 11.8 Å². The molecule has 4 nitrogen and oxygen atoms in total. The lowest BCUT2D eigenvalue weighted by Gasteiger charge is -2.31. The highest BCUT2D eigenvalue weighted by Gasteiger charge is 2.23. The van der Waals surface area contributed by atoms with Crippen LogP contribution in [0.15, 0.2) is 60.7 Å².